The van der Waals surface area contributed by atoms with Gasteiger partial charge in [-0.05, 0) is 97.7 Å². The molecule has 12 rings (SSSR count). The summed E-state index contributed by atoms with van der Waals surface area (Å²) in [5, 5.41) is 10.6. The van der Waals surface area contributed by atoms with Gasteiger partial charge in [-0.2, -0.15) is 0 Å². The van der Waals surface area contributed by atoms with Crippen molar-refractivity contribution in [2.24, 2.45) is 0 Å². The molecule has 0 fully saturated rings. The Morgan fingerprint density at radius 3 is 1.63 bits per heavy atom. The lowest BCUT2D eigenvalue weighted by Crippen LogP contribution is -2.00. The smallest absolute Gasteiger partial charge is 0.160 e. The number of para-hydroxylation sites is 1. The number of fused-ring (bicyclic) bond motifs is 7. The van der Waals surface area contributed by atoms with Crippen molar-refractivity contribution in [1.82, 2.24) is 14.5 Å². The van der Waals surface area contributed by atoms with Crippen LogP contribution in [-0.4, -0.2) is 14.5 Å². The van der Waals surface area contributed by atoms with Crippen molar-refractivity contribution < 1.29 is 0 Å². The van der Waals surface area contributed by atoms with E-state index in [4.69, 9.17) is 9.97 Å². The van der Waals surface area contributed by atoms with Crippen molar-refractivity contribution in [1.29, 1.82) is 0 Å². The summed E-state index contributed by atoms with van der Waals surface area (Å²) in [5.74, 6) is 0.686. The lowest BCUT2D eigenvalue weighted by molar-refractivity contribution is 1.19. The van der Waals surface area contributed by atoms with Gasteiger partial charge in [0.2, 0.25) is 0 Å². The van der Waals surface area contributed by atoms with Gasteiger partial charge in [-0.15, -0.1) is 0 Å². The van der Waals surface area contributed by atoms with Crippen LogP contribution in [0.1, 0.15) is 0 Å². The first kappa shape index (κ1) is 33.3. The van der Waals surface area contributed by atoms with Gasteiger partial charge < -0.3 is 4.57 Å². The zero-order valence-corrected chi connectivity index (χ0v) is 32.0. The van der Waals surface area contributed by atoms with Crippen LogP contribution in [0, 0.1) is 0 Å². The van der Waals surface area contributed by atoms with E-state index in [-0.39, 0.29) is 0 Å². The Balaban J connectivity index is 1.17. The van der Waals surface area contributed by atoms with Gasteiger partial charge in [0.1, 0.15) is 0 Å². The van der Waals surface area contributed by atoms with Gasteiger partial charge >= 0.3 is 0 Å². The molecule has 0 bridgehead atoms. The average molecular weight is 750 g/mol. The monoisotopic (exact) mass is 749 g/mol. The second kappa shape index (κ2) is 13.4. The molecule has 0 radical (unpaired) electrons. The van der Waals surface area contributed by atoms with E-state index < -0.39 is 0 Å². The molecule has 0 unspecified atom stereocenters. The Hall–Kier alpha value is -7.88. The summed E-state index contributed by atoms with van der Waals surface area (Å²) in [7, 11) is 0. The zero-order valence-electron chi connectivity index (χ0n) is 32.0. The minimum absolute atomic E-state index is 0.686. The summed E-state index contributed by atoms with van der Waals surface area (Å²) in [6, 6.07) is 76.4. The van der Waals surface area contributed by atoms with Gasteiger partial charge in [0, 0.05) is 32.7 Å². The summed E-state index contributed by atoms with van der Waals surface area (Å²) < 4.78 is 2.44. The van der Waals surface area contributed by atoms with Crippen molar-refractivity contribution in [2.75, 3.05) is 0 Å². The molecule has 2 aromatic heterocycles. The highest BCUT2D eigenvalue weighted by Gasteiger charge is 2.20. The quantitative estimate of drug-likeness (QED) is 0.175. The number of hydrogen-bond donors (Lipinski definition) is 0. The van der Waals surface area contributed by atoms with Gasteiger partial charge in [0.25, 0.3) is 0 Å². The van der Waals surface area contributed by atoms with E-state index in [1.54, 1.807) is 0 Å². The highest BCUT2D eigenvalue weighted by Crippen LogP contribution is 2.42. The van der Waals surface area contributed by atoms with Gasteiger partial charge in [-0.3, -0.25) is 0 Å². The van der Waals surface area contributed by atoms with Crippen LogP contribution in [0.25, 0.3) is 116 Å². The molecule has 0 amide bonds. The number of nitrogens with zero attached hydrogens (tertiary/aromatic N) is 3. The average Bonchev–Trinajstić information content (AvgIpc) is 3.62. The van der Waals surface area contributed by atoms with Crippen molar-refractivity contribution >= 4 is 65.0 Å². The molecule has 0 N–H and O–H groups in total. The van der Waals surface area contributed by atoms with Crippen LogP contribution in [0.5, 0.6) is 0 Å². The Morgan fingerprint density at radius 2 is 0.881 bits per heavy atom. The maximum Gasteiger partial charge on any atom is 0.160 e. The molecule has 3 nitrogen and oxygen atoms in total. The molecule has 0 atom stereocenters. The van der Waals surface area contributed by atoms with Crippen LogP contribution in [-0.2, 0) is 0 Å². The second-order valence-electron chi connectivity index (χ2n) is 15.4. The van der Waals surface area contributed by atoms with Gasteiger partial charge in [0.15, 0.2) is 5.82 Å². The van der Waals surface area contributed by atoms with Crippen molar-refractivity contribution in [2.45, 2.75) is 0 Å². The summed E-state index contributed by atoms with van der Waals surface area (Å²) in [6.45, 7) is 0. The Labute approximate surface area is 341 Å². The first-order valence-electron chi connectivity index (χ1n) is 20.1. The number of aromatic nitrogens is 3. The summed E-state index contributed by atoms with van der Waals surface area (Å²) in [4.78, 5) is 11.0. The van der Waals surface area contributed by atoms with E-state index in [9.17, 15) is 0 Å². The minimum atomic E-state index is 0.686. The molecule has 10 aromatic carbocycles. The molecule has 59 heavy (non-hydrogen) atoms. The molecule has 0 saturated carbocycles. The molecular formula is C56H35N3. The standard InChI is InChI=1S/C56H35N3/c1-3-16-37(17-4-1)47-34-50-51(35-48(47)38-18-5-2-6-19-38)57-56(58-55(50)43-28-27-36-15-7-8-20-39(36)29-43)44-30-42-23-11-12-24-45(42)53(33-44)59-52-26-14-13-25-46(52)49-31-40-21-9-10-22-41(40)32-54(49)59/h1-35H. The molecular weight excluding hydrogens is 715 g/mol. The first-order valence-corrected chi connectivity index (χ1v) is 20.1. The summed E-state index contributed by atoms with van der Waals surface area (Å²) in [6.07, 6.45) is 0. The number of benzene rings is 10. The summed E-state index contributed by atoms with van der Waals surface area (Å²) >= 11 is 0. The fourth-order valence-corrected chi connectivity index (χ4v) is 9.09. The van der Waals surface area contributed by atoms with E-state index in [0.717, 1.165) is 66.6 Å². The van der Waals surface area contributed by atoms with Gasteiger partial charge in [0.05, 0.1) is 27.9 Å². The van der Waals surface area contributed by atoms with Crippen LogP contribution in [0.4, 0.5) is 0 Å². The number of hydrogen-bond acceptors (Lipinski definition) is 2. The van der Waals surface area contributed by atoms with Crippen molar-refractivity contribution in [3.63, 3.8) is 0 Å². The molecule has 2 heterocycles. The first-order chi connectivity index (χ1) is 29.2. The third-order valence-corrected chi connectivity index (χ3v) is 11.9. The third kappa shape index (κ3) is 5.51. The second-order valence-corrected chi connectivity index (χ2v) is 15.4. The van der Waals surface area contributed by atoms with E-state index in [0.29, 0.717) is 5.82 Å². The largest absolute Gasteiger partial charge is 0.309 e. The highest BCUT2D eigenvalue weighted by atomic mass is 15.0. The molecule has 0 aliphatic rings. The van der Waals surface area contributed by atoms with Gasteiger partial charge in [-0.25, -0.2) is 9.97 Å². The van der Waals surface area contributed by atoms with Crippen molar-refractivity contribution in [3.8, 4) is 50.6 Å². The maximum atomic E-state index is 5.56. The Morgan fingerprint density at radius 1 is 0.305 bits per heavy atom. The number of rotatable bonds is 5. The van der Waals surface area contributed by atoms with Gasteiger partial charge in [-0.1, -0.05) is 164 Å². The highest BCUT2D eigenvalue weighted by molar-refractivity contribution is 6.15. The van der Waals surface area contributed by atoms with Crippen LogP contribution in [0.15, 0.2) is 212 Å². The predicted molar refractivity (Wildman–Crippen MR) is 248 cm³/mol. The molecule has 3 heteroatoms. The van der Waals surface area contributed by atoms with E-state index in [1.165, 1.54) is 43.2 Å². The molecule has 274 valence electrons. The zero-order chi connectivity index (χ0) is 38.9. The van der Waals surface area contributed by atoms with E-state index in [2.05, 4.69) is 217 Å². The van der Waals surface area contributed by atoms with E-state index in [1.807, 2.05) is 0 Å². The third-order valence-electron chi connectivity index (χ3n) is 11.9. The lowest BCUT2D eigenvalue weighted by atomic mass is 9.91. The Kier molecular flexibility index (Phi) is 7.54. The molecule has 0 saturated heterocycles. The maximum absolute atomic E-state index is 5.56. The predicted octanol–water partition coefficient (Wildman–Crippen LogP) is 14.9. The fraction of sp³-hybridized carbons (Fsp3) is 0. The fourth-order valence-electron chi connectivity index (χ4n) is 9.09. The van der Waals surface area contributed by atoms with Crippen LogP contribution in [0.2, 0.25) is 0 Å². The van der Waals surface area contributed by atoms with Crippen LogP contribution in [0.3, 0.4) is 0 Å². The van der Waals surface area contributed by atoms with Crippen LogP contribution < -0.4 is 0 Å². The Bertz CT molecular complexity index is 3600. The molecule has 0 spiro atoms. The molecule has 0 aliphatic heterocycles. The van der Waals surface area contributed by atoms with E-state index >= 15 is 0 Å². The molecule has 0 aliphatic carbocycles. The minimum Gasteiger partial charge on any atom is -0.309 e. The normalized spacial score (nSPS) is 11.7. The summed E-state index contributed by atoms with van der Waals surface area (Å²) in [5.41, 5.74) is 11.8. The lowest BCUT2D eigenvalue weighted by Gasteiger charge is -2.17. The van der Waals surface area contributed by atoms with Crippen molar-refractivity contribution in [3.05, 3.63) is 212 Å². The molecule has 12 aromatic rings. The van der Waals surface area contributed by atoms with Crippen LogP contribution >= 0.6 is 0 Å². The topological polar surface area (TPSA) is 30.7 Å². The SMILES string of the molecule is c1ccc(-c2cc3nc(-c4cc(-n5c6ccccc6c6cc7ccccc7cc65)c5ccccc5c4)nc(-c4ccc5ccccc5c4)c3cc2-c2ccccc2)cc1.